The fourth-order valence-electron chi connectivity index (χ4n) is 4.09. The molecule has 1 aliphatic carbocycles. The lowest BCUT2D eigenvalue weighted by Crippen LogP contribution is -2.19. The SMILES string of the molecule is CC(C)c1ccc(CS(=O)(=O)c2ccc(C34CNC[C@H]3C4)cc2)cc1. The maximum Gasteiger partial charge on any atom is 0.182 e. The number of rotatable bonds is 5. The summed E-state index contributed by atoms with van der Waals surface area (Å²) < 4.78 is 25.5. The third kappa shape index (κ3) is 3.02. The number of piperidine rings is 1. The molecule has 0 radical (unpaired) electrons. The van der Waals surface area contributed by atoms with Gasteiger partial charge in [0.05, 0.1) is 10.6 Å². The van der Waals surface area contributed by atoms with Crippen LogP contribution in [0.3, 0.4) is 0 Å². The molecule has 0 bridgehead atoms. The molecule has 2 atom stereocenters. The molecule has 0 aromatic heterocycles. The predicted molar refractivity (Wildman–Crippen MR) is 101 cm³/mol. The summed E-state index contributed by atoms with van der Waals surface area (Å²) in [6, 6.07) is 15.5. The van der Waals surface area contributed by atoms with Crippen molar-refractivity contribution in [3.05, 3.63) is 65.2 Å². The number of fused-ring (bicyclic) bond motifs is 1. The van der Waals surface area contributed by atoms with Gasteiger partial charge in [-0.2, -0.15) is 0 Å². The van der Waals surface area contributed by atoms with Gasteiger partial charge in [-0.15, -0.1) is 0 Å². The van der Waals surface area contributed by atoms with Crippen molar-refractivity contribution in [1.29, 1.82) is 0 Å². The van der Waals surface area contributed by atoms with Crippen LogP contribution < -0.4 is 5.32 Å². The van der Waals surface area contributed by atoms with Gasteiger partial charge in [-0.05, 0) is 53.6 Å². The Kier molecular flexibility index (Phi) is 4.00. The van der Waals surface area contributed by atoms with Gasteiger partial charge in [-0.25, -0.2) is 8.42 Å². The van der Waals surface area contributed by atoms with Crippen molar-refractivity contribution >= 4 is 9.84 Å². The van der Waals surface area contributed by atoms with Crippen molar-refractivity contribution in [1.82, 2.24) is 5.32 Å². The lowest BCUT2D eigenvalue weighted by atomic mass is 9.95. The molecule has 3 nitrogen and oxygen atoms in total. The van der Waals surface area contributed by atoms with E-state index in [4.69, 9.17) is 0 Å². The predicted octanol–water partition coefficient (Wildman–Crippen LogP) is 3.64. The molecule has 1 saturated heterocycles. The first-order chi connectivity index (χ1) is 11.9. The average molecular weight is 356 g/mol. The molecule has 1 unspecified atom stereocenters. The van der Waals surface area contributed by atoms with Crippen molar-refractivity contribution in [3.8, 4) is 0 Å². The minimum Gasteiger partial charge on any atom is -0.316 e. The van der Waals surface area contributed by atoms with Gasteiger partial charge in [0.2, 0.25) is 0 Å². The van der Waals surface area contributed by atoms with Crippen molar-refractivity contribution in [3.63, 3.8) is 0 Å². The summed E-state index contributed by atoms with van der Waals surface area (Å²) >= 11 is 0. The molecule has 1 heterocycles. The highest BCUT2D eigenvalue weighted by Gasteiger charge is 2.57. The zero-order valence-electron chi connectivity index (χ0n) is 14.8. The van der Waals surface area contributed by atoms with Crippen LogP contribution in [0.2, 0.25) is 0 Å². The second kappa shape index (κ2) is 5.96. The molecule has 2 aromatic rings. The first kappa shape index (κ1) is 16.8. The Morgan fingerprint density at radius 2 is 1.76 bits per heavy atom. The molecule has 4 heteroatoms. The molecule has 1 aliphatic heterocycles. The van der Waals surface area contributed by atoms with Gasteiger partial charge >= 0.3 is 0 Å². The van der Waals surface area contributed by atoms with Crippen LogP contribution in [0.15, 0.2) is 53.4 Å². The molecule has 4 rings (SSSR count). The highest BCUT2D eigenvalue weighted by atomic mass is 32.2. The molecule has 25 heavy (non-hydrogen) atoms. The van der Waals surface area contributed by atoms with E-state index in [1.807, 2.05) is 36.4 Å². The quantitative estimate of drug-likeness (QED) is 0.891. The average Bonchev–Trinajstić information content (AvgIpc) is 3.16. The number of sulfone groups is 1. The van der Waals surface area contributed by atoms with Gasteiger partial charge in [0.25, 0.3) is 0 Å². The van der Waals surface area contributed by atoms with Crippen LogP contribution in [-0.2, 0) is 21.0 Å². The van der Waals surface area contributed by atoms with E-state index in [9.17, 15) is 8.42 Å². The molecule has 0 amide bonds. The van der Waals surface area contributed by atoms with Crippen LogP contribution in [0.1, 0.15) is 42.9 Å². The summed E-state index contributed by atoms with van der Waals surface area (Å²) in [6.07, 6.45) is 1.23. The van der Waals surface area contributed by atoms with E-state index in [-0.39, 0.29) is 11.2 Å². The molecule has 1 saturated carbocycles. The van der Waals surface area contributed by atoms with Gasteiger partial charge in [0.1, 0.15) is 0 Å². The summed E-state index contributed by atoms with van der Waals surface area (Å²) in [6.45, 7) is 6.38. The van der Waals surface area contributed by atoms with Gasteiger partial charge in [0.15, 0.2) is 9.84 Å². The van der Waals surface area contributed by atoms with Crippen LogP contribution in [0, 0.1) is 5.92 Å². The van der Waals surface area contributed by atoms with E-state index in [2.05, 4.69) is 19.2 Å². The minimum atomic E-state index is -3.31. The smallest absolute Gasteiger partial charge is 0.182 e. The molecule has 2 aromatic carbocycles. The molecule has 1 N–H and O–H groups in total. The molecule has 2 aliphatic rings. The van der Waals surface area contributed by atoms with E-state index < -0.39 is 9.84 Å². The maximum atomic E-state index is 12.7. The second-order valence-corrected chi connectivity index (χ2v) is 9.86. The lowest BCUT2D eigenvalue weighted by molar-refractivity contribution is 0.595. The van der Waals surface area contributed by atoms with E-state index in [1.165, 1.54) is 17.5 Å². The number of hydrogen-bond acceptors (Lipinski definition) is 3. The fraction of sp³-hybridized carbons (Fsp3) is 0.429. The van der Waals surface area contributed by atoms with Crippen molar-refractivity contribution in [2.45, 2.75) is 42.2 Å². The molecule has 0 spiro atoms. The monoisotopic (exact) mass is 355 g/mol. The van der Waals surface area contributed by atoms with Crippen LogP contribution in [-0.4, -0.2) is 21.5 Å². The van der Waals surface area contributed by atoms with Crippen molar-refractivity contribution in [2.75, 3.05) is 13.1 Å². The molecule has 132 valence electrons. The second-order valence-electron chi connectivity index (χ2n) is 7.87. The van der Waals surface area contributed by atoms with Crippen LogP contribution in [0.25, 0.3) is 0 Å². The summed E-state index contributed by atoms with van der Waals surface area (Å²) in [5.74, 6) is 1.24. The van der Waals surface area contributed by atoms with E-state index in [1.54, 1.807) is 12.1 Å². The first-order valence-corrected chi connectivity index (χ1v) is 10.7. The largest absolute Gasteiger partial charge is 0.316 e. The molecule has 2 fully saturated rings. The summed E-state index contributed by atoms with van der Waals surface area (Å²) in [5, 5.41) is 3.43. The Hall–Kier alpha value is -1.65. The zero-order valence-corrected chi connectivity index (χ0v) is 15.6. The summed E-state index contributed by atoms with van der Waals surface area (Å²) in [4.78, 5) is 0.420. The third-order valence-electron chi connectivity index (χ3n) is 5.85. The van der Waals surface area contributed by atoms with E-state index in [0.29, 0.717) is 10.8 Å². The minimum absolute atomic E-state index is 0.0556. The topological polar surface area (TPSA) is 46.2 Å². The first-order valence-electron chi connectivity index (χ1n) is 9.04. The Bertz CT molecular complexity index is 869. The Balaban J connectivity index is 1.52. The van der Waals surface area contributed by atoms with Gasteiger partial charge in [0, 0.05) is 12.0 Å². The third-order valence-corrected chi connectivity index (χ3v) is 7.56. The summed E-state index contributed by atoms with van der Waals surface area (Å²) in [5.41, 5.74) is 3.63. The van der Waals surface area contributed by atoms with Crippen LogP contribution >= 0.6 is 0 Å². The normalized spacial score (nSPS) is 25.2. The highest BCUT2D eigenvalue weighted by Crippen LogP contribution is 2.56. The van der Waals surface area contributed by atoms with E-state index >= 15 is 0 Å². The number of hydrogen-bond donors (Lipinski definition) is 1. The number of benzene rings is 2. The van der Waals surface area contributed by atoms with Gasteiger partial charge in [-0.1, -0.05) is 50.2 Å². The highest BCUT2D eigenvalue weighted by molar-refractivity contribution is 7.90. The summed E-state index contributed by atoms with van der Waals surface area (Å²) in [7, 11) is -3.31. The Labute approximate surface area is 150 Å². The van der Waals surface area contributed by atoms with E-state index in [0.717, 1.165) is 24.6 Å². The Morgan fingerprint density at radius 1 is 1.08 bits per heavy atom. The van der Waals surface area contributed by atoms with Crippen LogP contribution in [0.5, 0.6) is 0 Å². The fourth-order valence-corrected chi connectivity index (χ4v) is 5.43. The van der Waals surface area contributed by atoms with Crippen molar-refractivity contribution in [2.24, 2.45) is 5.92 Å². The molecular formula is C21H25NO2S. The van der Waals surface area contributed by atoms with Crippen molar-refractivity contribution < 1.29 is 8.42 Å². The van der Waals surface area contributed by atoms with Gasteiger partial charge in [-0.3, -0.25) is 0 Å². The molecular weight excluding hydrogens is 330 g/mol. The lowest BCUT2D eigenvalue weighted by Gasteiger charge is -2.13. The number of nitrogens with one attached hydrogen (secondary N) is 1. The zero-order chi connectivity index (χ0) is 17.7. The standard InChI is InChI=1S/C21H25NO2S/c1-15(2)17-5-3-16(4-6-17)13-25(23,24)20-9-7-18(8-10-20)21-11-19(21)12-22-14-21/h3-10,15,19,22H,11-14H2,1-2H3/t19-,21?/m1/s1. The maximum absolute atomic E-state index is 12.7. The Morgan fingerprint density at radius 3 is 2.28 bits per heavy atom. The van der Waals surface area contributed by atoms with Gasteiger partial charge < -0.3 is 5.32 Å². The van der Waals surface area contributed by atoms with Crippen LogP contribution in [0.4, 0.5) is 0 Å².